The Morgan fingerprint density at radius 3 is 2.27 bits per heavy atom. The molecule has 0 radical (unpaired) electrons. The van der Waals surface area contributed by atoms with E-state index in [-0.39, 0.29) is 5.82 Å². The number of nitrogens with two attached hydrogens (primary N) is 1. The maximum atomic E-state index is 11.3. The van der Waals surface area contributed by atoms with Gasteiger partial charge in [0.1, 0.15) is 0 Å². The molecule has 26 heavy (non-hydrogen) atoms. The number of nitrogens with one attached hydrogen (secondary N) is 1. The highest BCUT2D eigenvalue weighted by Crippen LogP contribution is 2.35. The zero-order valence-corrected chi connectivity index (χ0v) is 15.2. The van der Waals surface area contributed by atoms with Gasteiger partial charge in [-0.25, -0.2) is 0 Å². The molecule has 134 valence electrons. The zero-order chi connectivity index (χ0) is 17.9. The minimum absolute atomic E-state index is 0.216. The van der Waals surface area contributed by atoms with Crippen molar-refractivity contribution in [2.45, 2.75) is 19.3 Å². The topological polar surface area (TPSA) is 93.4 Å². The van der Waals surface area contributed by atoms with E-state index >= 15 is 0 Å². The molecule has 3 N–H and O–H groups in total. The maximum Gasteiger partial charge on any atom is 0.229 e. The fraction of sp³-hybridized carbons (Fsp3) is 0.263. The van der Waals surface area contributed by atoms with Crippen molar-refractivity contribution in [1.82, 2.24) is 8.75 Å². The first kappa shape index (κ1) is 16.8. The van der Waals surface area contributed by atoms with E-state index in [2.05, 4.69) is 67.2 Å². The molecule has 0 fully saturated rings. The number of para-hydroxylation sites is 2. The molecule has 1 aliphatic heterocycles. The summed E-state index contributed by atoms with van der Waals surface area (Å²) in [4.78, 5) is 6.79. The van der Waals surface area contributed by atoms with Gasteiger partial charge in [-0.3, -0.25) is 4.99 Å². The Hall–Kier alpha value is -2.64. The molecule has 0 bridgehead atoms. The van der Waals surface area contributed by atoms with Crippen molar-refractivity contribution in [3.63, 3.8) is 0 Å². The molecular formula is C19H21N5OS. The summed E-state index contributed by atoms with van der Waals surface area (Å²) >= 11 is -1.48. The molecule has 1 atom stereocenters. The van der Waals surface area contributed by atoms with Crippen LogP contribution >= 0.6 is 11.1 Å². The number of nitrogens with zero attached hydrogens (tertiary/aromatic N) is 3. The number of hydrogen-bond acceptors (Lipinski definition) is 5. The Kier molecular flexibility index (Phi) is 4.73. The first-order chi connectivity index (χ1) is 12.7. The number of anilines is 3. The molecule has 0 amide bonds. The normalized spacial score (nSPS) is 14.7. The quantitative estimate of drug-likeness (QED) is 0.548. The Morgan fingerprint density at radius 1 is 1.08 bits per heavy atom. The molecule has 0 saturated carbocycles. The van der Waals surface area contributed by atoms with E-state index < -0.39 is 11.1 Å². The smallest absolute Gasteiger partial charge is 0.229 e. The molecule has 1 aromatic heterocycles. The third-order valence-electron chi connectivity index (χ3n) is 4.65. The maximum absolute atomic E-state index is 11.3. The van der Waals surface area contributed by atoms with Crippen molar-refractivity contribution in [2.75, 3.05) is 23.7 Å². The molecule has 0 saturated heterocycles. The van der Waals surface area contributed by atoms with Crippen LogP contribution < -0.4 is 16.1 Å². The lowest BCUT2D eigenvalue weighted by molar-refractivity contribution is 0.584. The van der Waals surface area contributed by atoms with Crippen molar-refractivity contribution < 1.29 is 4.55 Å². The fourth-order valence-electron chi connectivity index (χ4n) is 3.43. The summed E-state index contributed by atoms with van der Waals surface area (Å²) in [6.07, 6.45) is 2.96. The van der Waals surface area contributed by atoms with Gasteiger partial charge in [0.15, 0.2) is 11.1 Å². The number of fused-ring (bicyclic) bond motifs is 2. The Balaban J connectivity index is 1.57. The van der Waals surface area contributed by atoms with Crippen molar-refractivity contribution in [3.05, 3.63) is 65.1 Å². The summed E-state index contributed by atoms with van der Waals surface area (Å²) in [6.45, 7) is 1.45. The highest BCUT2D eigenvalue weighted by Gasteiger charge is 2.19. The second-order valence-electron chi connectivity index (χ2n) is 6.32. The van der Waals surface area contributed by atoms with Crippen molar-refractivity contribution >= 4 is 28.3 Å². The van der Waals surface area contributed by atoms with Crippen LogP contribution in [-0.2, 0) is 12.8 Å². The number of aryl methyl sites for hydroxylation is 2. The lowest BCUT2D eigenvalue weighted by Crippen LogP contribution is -2.21. The molecule has 1 unspecified atom stereocenters. The molecular weight excluding hydrogens is 346 g/mol. The number of aromatic nitrogens is 2. The Morgan fingerprint density at radius 2 is 1.69 bits per heavy atom. The third kappa shape index (κ3) is 3.36. The van der Waals surface area contributed by atoms with E-state index in [0.717, 1.165) is 25.8 Å². The van der Waals surface area contributed by atoms with Gasteiger partial charge in [-0.2, -0.15) is 0 Å². The van der Waals surface area contributed by atoms with Crippen molar-refractivity contribution in [1.29, 1.82) is 0 Å². The number of H-pyrrole nitrogens is 1. The van der Waals surface area contributed by atoms with Crippen LogP contribution in [0.2, 0.25) is 0 Å². The second kappa shape index (κ2) is 7.31. The van der Waals surface area contributed by atoms with Gasteiger partial charge < -0.3 is 15.2 Å². The first-order valence-electron chi connectivity index (χ1n) is 8.73. The molecule has 2 aromatic carbocycles. The van der Waals surface area contributed by atoms with Gasteiger partial charge in [0.2, 0.25) is 11.3 Å². The van der Waals surface area contributed by atoms with E-state index in [1.54, 1.807) is 0 Å². The van der Waals surface area contributed by atoms with E-state index in [1.165, 1.54) is 22.5 Å². The summed E-state index contributed by atoms with van der Waals surface area (Å²) < 4.78 is 17.7. The van der Waals surface area contributed by atoms with Gasteiger partial charge >= 0.3 is 0 Å². The first-order valence-corrected chi connectivity index (χ1v) is 9.84. The summed E-state index contributed by atoms with van der Waals surface area (Å²) in [5.74, 6) is 0.216. The summed E-state index contributed by atoms with van der Waals surface area (Å²) in [6, 6.07) is 17.2. The van der Waals surface area contributed by atoms with E-state index in [4.69, 9.17) is 5.73 Å². The average molecular weight is 367 g/mol. The molecule has 4 rings (SSSR count). The van der Waals surface area contributed by atoms with Crippen LogP contribution in [0.3, 0.4) is 0 Å². The lowest BCUT2D eigenvalue weighted by Gasteiger charge is -2.26. The van der Waals surface area contributed by atoms with Crippen LogP contribution in [-0.4, -0.2) is 26.4 Å². The molecule has 2 heterocycles. The van der Waals surface area contributed by atoms with Gasteiger partial charge in [0, 0.05) is 28.8 Å². The zero-order valence-electron chi connectivity index (χ0n) is 14.4. The average Bonchev–Trinajstić information content (AvgIpc) is 2.89. The molecule has 1 aliphatic rings. The van der Waals surface area contributed by atoms with Crippen LogP contribution in [0.5, 0.6) is 0 Å². The van der Waals surface area contributed by atoms with Gasteiger partial charge in [0.25, 0.3) is 0 Å². The molecule has 0 spiro atoms. The number of rotatable bonds is 4. The SMILES string of the molecule is Nc1n[s+]([O-])[nH]c1=NCCCN1c2ccccc2CCc2ccccc21. The van der Waals surface area contributed by atoms with Gasteiger partial charge in [0.05, 0.1) is 0 Å². The van der Waals surface area contributed by atoms with Crippen LogP contribution in [0, 0.1) is 0 Å². The largest absolute Gasteiger partial charge is 0.548 e. The lowest BCUT2D eigenvalue weighted by atomic mass is 10.0. The van der Waals surface area contributed by atoms with Crippen LogP contribution in [0.4, 0.5) is 17.2 Å². The highest BCUT2D eigenvalue weighted by molar-refractivity contribution is 7.13. The molecule has 3 aromatic rings. The van der Waals surface area contributed by atoms with Crippen LogP contribution in [0.1, 0.15) is 17.5 Å². The highest BCUT2D eigenvalue weighted by atomic mass is 32.2. The minimum Gasteiger partial charge on any atom is -0.548 e. The molecule has 0 aliphatic carbocycles. The second-order valence-corrected chi connectivity index (χ2v) is 7.21. The van der Waals surface area contributed by atoms with Crippen LogP contribution in [0.15, 0.2) is 53.5 Å². The van der Waals surface area contributed by atoms with Crippen LogP contribution in [0.25, 0.3) is 0 Å². The van der Waals surface area contributed by atoms with E-state index in [9.17, 15) is 4.55 Å². The summed E-state index contributed by atoms with van der Waals surface area (Å²) in [5, 5.41) is 0. The van der Waals surface area contributed by atoms with Crippen molar-refractivity contribution in [3.8, 4) is 0 Å². The fourth-order valence-corrected chi connectivity index (χ4v) is 4.08. The number of hydrogen-bond donors (Lipinski definition) is 2. The van der Waals surface area contributed by atoms with Gasteiger partial charge in [-0.15, -0.1) is 4.37 Å². The number of aromatic amines is 1. The van der Waals surface area contributed by atoms with E-state index in [1.807, 2.05) is 0 Å². The van der Waals surface area contributed by atoms with Gasteiger partial charge in [-0.1, -0.05) is 36.4 Å². The standard InChI is InChI=1S/C19H21N5OS/c20-18-19(23-26(25)22-18)21-12-5-13-24-16-8-3-1-6-14(16)10-11-15-7-2-4-9-17(15)24/h1-4,6-9H,5,10-13H2,(H2,20,22)(H,21,23). The van der Waals surface area contributed by atoms with E-state index in [0.29, 0.717) is 12.0 Å². The Labute approximate surface area is 155 Å². The summed E-state index contributed by atoms with van der Waals surface area (Å²) in [5.41, 5.74) is 11.4. The molecule has 6 nitrogen and oxygen atoms in total. The van der Waals surface area contributed by atoms with Gasteiger partial charge in [-0.05, 0) is 42.5 Å². The predicted molar refractivity (Wildman–Crippen MR) is 104 cm³/mol. The Bertz CT molecular complexity index is 930. The monoisotopic (exact) mass is 367 g/mol. The number of nitrogen functional groups attached to an aromatic ring is 1. The number of benzene rings is 2. The summed E-state index contributed by atoms with van der Waals surface area (Å²) in [7, 11) is 0. The minimum atomic E-state index is -1.48. The molecule has 7 heteroatoms. The predicted octanol–water partition coefficient (Wildman–Crippen LogP) is 2.95. The van der Waals surface area contributed by atoms with Crippen molar-refractivity contribution in [2.24, 2.45) is 4.99 Å². The third-order valence-corrected chi connectivity index (χ3v) is 5.38.